The summed E-state index contributed by atoms with van der Waals surface area (Å²) in [6.07, 6.45) is 1.44. The van der Waals surface area contributed by atoms with E-state index in [1.54, 1.807) is 7.11 Å². The number of aryl methyl sites for hydroxylation is 1. The van der Waals surface area contributed by atoms with Crippen LogP contribution in [-0.2, 0) is 28.9 Å². The van der Waals surface area contributed by atoms with E-state index >= 15 is 0 Å². The molecule has 1 aromatic carbocycles. The average Bonchev–Trinajstić information content (AvgIpc) is 2.72. The first kappa shape index (κ1) is 20.6. The second-order valence-electron chi connectivity index (χ2n) is 8.27. The van der Waals surface area contributed by atoms with Crippen LogP contribution in [0.5, 0.6) is 5.75 Å². The summed E-state index contributed by atoms with van der Waals surface area (Å²) in [6, 6.07) is 7.68. The summed E-state index contributed by atoms with van der Waals surface area (Å²) in [5.41, 5.74) is 3.14. The van der Waals surface area contributed by atoms with E-state index in [9.17, 15) is 4.79 Å². The first-order valence-corrected chi connectivity index (χ1v) is 10.6. The van der Waals surface area contributed by atoms with Crippen LogP contribution in [0.2, 0.25) is 0 Å². The normalized spacial score (nSPS) is 21.3. The first-order valence-electron chi connectivity index (χ1n) is 10.6. The fourth-order valence-electron chi connectivity index (χ4n) is 4.37. The topological polar surface area (TPSA) is 67.8 Å². The number of amides is 1. The van der Waals surface area contributed by atoms with Gasteiger partial charge in [-0.2, -0.15) is 0 Å². The van der Waals surface area contributed by atoms with Crippen LogP contribution in [0.25, 0.3) is 0 Å². The molecule has 2 aliphatic rings. The predicted octanol–water partition coefficient (Wildman–Crippen LogP) is 2.53. The van der Waals surface area contributed by atoms with E-state index in [-0.39, 0.29) is 18.1 Å². The molecule has 0 N–H and O–H groups in total. The second kappa shape index (κ2) is 8.60. The number of rotatable bonds is 4. The number of hydrogen-bond donors (Lipinski definition) is 0. The molecule has 0 aliphatic carbocycles. The lowest BCUT2D eigenvalue weighted by molar-refractivity contribution is -0.131. The molecule has 160 valence electrons. The smallest absolute Gasteiger partial charge is 0.227 e. The Kier molecular flexibility index (Phi) is 5.90. The molecule has 0 bridgehead atoms. The Labute approximate surface area is 178 Å². The van der Waals surface area contributed by atoms with Crippen molar-refractivity contribution >= 4 is 11.7 Å². The molecule has 0 radical (unpaired) electrons. The lowest BCUT2D eigenvalue weighted by Crippen LogP contribution is -2.47. The van der Waals surface area contributed by atoms with Crippen LogP contribution in [0.15, 0.2) is 24.3 Å². The van der Waals surface area contributed by atoms with E-state index in [4.69, 9.17) is 14.5 Å². The molecule has 0 unspecified atom stereocenters. The number of benzene rings is 1. The molecule has 3 heterocycles. The molecule has 1 saturated heterocycles. The molecule has 30 heavy (non-hydrogen) atoms. The number of fused-ring (bicyclic) bond motifs is 1. The van der Waals surface area contributed by atoms with Crippen molar-refractivity contribution in [3.05, 3.63) is 46.9 Å². The predicted molar refractivity (Wildman–Crippen MR) is 115 cm³/mol. The van der Waals surface area contributed by atoms with Gasteiger partial charge in [-0.3, -0.25) is 4.79 Å². The maximum Gasteiger partial charge on any atom is 0.227 e. The maximum atomic E-state index is 13.0. The van der Waals surface area contributed by atoms with Crippen molar-refractivity contribution in [2.24, 2.45) is 0 Å². The zero-order chi connectivity index (χ0) is 21.3. The van der Waals surface area contributed by atoms with Gasteiger partial charge < -0.3 is 19.3 Å². The number of anilines is 1. The van der Waals surface area contributed by atoms with Gasteiger partial charge in [0.2, 0.25) is 5.91 Å². The molecule has 0 spiro atoms. The number of aromatic nitrogens is 2. The van der Waals surface area contributed by atoms with E-state index in [2.05, 4.69) is 23.7 Å². The SMILES string of the molecule is COc1ccc(CC(=O)N2CCc3nc(C)nc(N4C[C@@H](C)O[C@H](C)C4)c3C2)cc1. The summed E-state index contributed by atoms with van der Waals surface area (Å²) in [4.78, 5) is 26.7. The van der Waals surface area contributed by atoms with Gasteiger partial charge in [-0.25, -0.2) is 9.97 Å². The van der Waals surface area contributed by atoms with E-state index < -0.39 is 0 Å². The van der Waals surface area contributed by atoms with Crippen LogP contribution >= 0.6 is 0 Å². The quantitative estimate of drug-likeness (QED) is 0.772. The van der Waals surface area contributed by atoms with E-state index in [0.717, 1.165) is 53.7 Å². The average molecular weight is 411 g/mol. The van der Waals surface area contributed by atoms with Crippen LogP contribution in [0.3, 0.4) is 0 Å². The van der Waals surface area contributed by atoms with Gasteiger partial charge in [0.25, 0.3) is 0 Å². The van der Waals surface area contributed by atoms with Crippen molar-refractivity contribution in [1.29, 1.82) is 0 Å². The van der Waals surface area contributed by atoms with Crippen LogP contribution in [0.4, 0.5) is 5.82 Å². The molecule has 7 nitrogen and oxygen atoms in total. The van der Waals surface area contributed by atoms with Crippen molar-refractivity contribution in [2.75, 3.05) is 31.6 Å². The van der Waals surface area contributed by atoms with Crippen LogP contribution in [0.1, 0.15) is 36.5 Å². The lowest BCUT2D eigenvalue weighted by atomic mass is 10.0. The van der Waals surface area contributed by atoms with Crippen LogP contribution in [0, 0.1) is 6.92 Å². The Morgan fingerprint density at radius 1 is 1.17 bits per heavy atom. The molecule has 1 fully saturated rings. The zero-order valence-corrected chi connectivity index (χ0v) is 18.2. The third kappa shape index (κ3) is 4.41. The summed E-state index contributed by atoms with van der Waals surface area (Å²) in [7, 11) is 1.64. The lowest BCUT2D eigenvalue weighted by Gasteiger charge is -2.38. The number of carbonyl (C=O) groups excluding carboxylic acids is 1. The standard InChI is InChI=1S/C23H30N4O3/c1-15-12-27(13-16(2)30-15)23-20-14-26(10-9-21(20)24-17(3)25-23)22(28)11-18-5-7-19(29-4)8-6-18/h5-8,15-16H,9-14H2,1-4H3/t15-,16-/m1/s1. The van der Waals surface area contributed by atoms with Gasteiger partial charge in [0.15, 0.2) is 0 Å². The highest BCUT2D eigenvalue weighted by Gasteiger charge is 2.30. The fraction of sp³-hybridized carbons (Fsp3) is 0.522. The zero-order valence-electron chi connectivity index (χ0n) is 18.2. The van der Waals surface area contributed by atoms with Gasteiger partial charge in [0, 0.05) is 31.6 Å². The first-order chi connectivity index (χ1) is 14.4. The van der Waals surface area contributed by atoms with Crippen molar-refractivity contribution in [3.63, 3.8) is 0 Å². The highest BCUT2D eigenvalue weighted by molar-refractivity contribution is 5.79. The molecule has 1 aromatic heterocycles. The van der Waals surface area contributed by atoms with Crippen LogP contribution in [-0.4, -0.2) is 59.7 Å². The minimum Gasteiger partial charge on any atom is -0.497 e. The third-order valence-corrected chi connectivity index (χ3v) is 5.74. The molecule has 2 atom stereocenters. The summed E-state index contributed by atoms with van der Waals surface area (Å²) in [6.45, 7) is 8.97. The number of methoxy groups -OCH3 is 1. The Balaban J connectivity index is 1.54. The summed E-state index contributed by atoms with van der Waals surface area (Å²) < 4.78 is 11.1. The third-order valence-electron chi connectivity index (χ3n) is 5.74. The van der Waals surface area contributed by atoms with E-state index in [0.29, 0.717) is 19.5 Å². The molecular formula is C23H30N4O3. The Bertz CT molecular complexity index is 905. The van der Waals surface area contributed by atoms with Crippen molar-refractivity contribution < 1.29 is 14.3 Å². The van der Waals surface area contributed by atoms with Gasteiger partial charge in [0.05, 0.1) is 38.0 Å². The number of nitrogens with zero attached hydrogens (tertiary/aromatic N) is 4. The van der Waals surface area contributed by atoms with Gasteiger partial charge >= 0.3 is 0 Å². The van der Waals surface area contributed by atoms with Crippen molar-refractivity contribution in [3.8, 4) is 5.75 Å². The summed E-state index contributed by atoms with van der Waals surface area (Å²) >= 11 is 0. The highest BCUT2D eigenvalue weighted by Crippen LogP contribution is 2.29. The Morgan fingerprint density at radius 3 is 2.53 bits per heavy atom. The molecule has 4 rings (SSSR count). The Hall–Kier alpha value is -2.67. The van der Waals surface area contributed by atoms with E-state index in [1.165, 1.54) is 0 Å². The van der Waals surface area contributed by atoms with Gasteiger partial charge in [-0.15, -0.1) is 0 Å². The Morgan fingerprint density at radius 2 is 1.87 bits per heavy atom. The molecule has 7 heteroatoms. The van der Waals surface area contributed by atoms with Crippen LogP contribution < -0.4 is 9.64 Å². The number of hydrogen-bond acceptors (Lipinski definition) is 6. The fourth-order valence-corrected chi connectivity index (χ4v) is 4.37. The highest BCUT2D eigenvalue weighted by atomic mass is 16.5. The van der Waals surface area contributed by atoms with Gasteiger partial charge in [0.1, 0.15) is 17.4 Å². The molecule has 2 aromatic rings. The molecular weight excluding hydrogens is 380 g/mol. The summed E-state index contributed by atoms with van der Waals surface area (Å²) in [5, 5.41) is 0. The van der Waals surface area contributed by atoms with Crippen molar-refractivity contribution in [1.82, 2.24) is 14.9 Å². The minimum atomic E-state index is 0.126. The number of ether oxygens (including phenoxy) is 2. The number of morpholine rings is 1. The number of carbonyl (C=O) groups is 1. The second-order valence-corrected chi connectivity index (χ2v) is 8.27. The van der Waals surface area contributed by atoms with Gasteiger partial charge in [-0.1, -0.05) is 12.1 Å². The molecule has 1 amide bonds. The largest absolute Gasteiger partial charge is 0.497 e. The van der Waals surface area contributed by atoms with Crippen molar-refractivity contribution in [2.45, 2.75) is 52.4 Å². The maximum absolute atomic E-state index is 13.0. The molecule has 0 saturated carbocycles. The van der Waals surface area contributed by atoms with E-state index in [1.807, 2.05) is 36.1 Å². The van der Waals surface area contributed by atoms with Gasteiger partial charge in [-0.05, 0) is 38.5 Å². The monoisotopic (exact) mass is 410 g/mol. The summed E-state index contributed by atoms with van der Waals surface area (Å²) in [5.74, 6) is 2.67. The molecule has 2 aliphatic heterocycles. The minimum absolute atomic E-state index is 0.126.